The van der Waals surface area contributed by atoms with Crippen LogP contribution in [0.4, 0.5) is 0 Å². The zero-order valence-corrected chi connectivity index (χ0v) is 16.4. The van der Waals surface area contributed by atoms with Crippen LogP contribution in [0.2, 0.25) is 0 Å². The lowest BCUT2D eigenvalue weighted by atomic mass is 10.1. The number of nitrogens with two attached hydrogens (primary N) is 1. The number of aliphatic imine (C=N–C) groups is 1. The highest BCUT2D eigenvalue weighted by molar-refractivity contribution is 5.98. The molecule has 148 valence electrons. The Morgan fingerprint density at radius 2 is 2.07 bits per heavy atom. The fourth-order valence-electron chi connectivity index (χ4n) is 3.53. The third-order valence-electron chi connectivity index (χ3n) is 5.00. The van der Waals surface area contributed by atoms with Crippen LogP contribution in [0, 0.1) is 6.92 Å². The normalized spacial score (nSPS) is 12.4. The number of guanidine groups is 1. The quantitative estimate of drug-likeness (QED) is 0.168. The van der Waals surface area contributed by atoms with Crippen LogP contribution in [-0.2, 0) is 6.42 Å². The summed E-state index contributed by atoms with van der Waals surface area (Å²) in [6.07, 6.45) is 6.83. The number of unbranched alkanes of at least 4 members (excludes halogenated alkanes) is 1. The van der Waals surface area contributed by atoms with Gasteiger partial charge in [-0.15, -0.1) is 0 Å². The second-order valence-corrected chi connectivity index (χ2v) is 7.06. The molecule has 2 heterocycles. The van der Waals surface area contributed by atoms with Gasteiger partial charge < -0.3 is 10.7 Å². The van der Waals surface area contributed by atoms with Gasteiger partial charge in [0.05, 0.1) is 17.4 Å². The molecular formula is C22H25N7. The summed E-state index contributed by atoms with van der Waals surface area (Å²) in [5.74, 6) is 0.314. The number of aryl methyl sites for hydroxylation is 2. The number of aromatic amines is 2. The van der Waals surface area contributed by atoms with Gasteiger partial charge in [0, 0.05) is 29.0 Å². The van der Waals surface area contributed by atoms with Crippen LogP contribution >= 0.6 is 0 Å². The molecule has 0 aliphatic rings. The Morgan fingerprint density at radius 1 is 1.17 bits per heavy atom. The lowest BCUT2D eigenvalue weighted by molar-refractivity contribution is 0.744. The van der Waals surface area contributed by atoms with Crippen LogP contribution in [0.5, 0.6) is 0 Å². The molecule has 0 aliphatic carbocycles. The van der Waals surface area contributed by atoms with Crippen molar-refractivity contribution in [2.24, 2.45) is 15.8 Å². The Balaban J connectivity index is 1.24. The Hall–Kier alpha value is -3.61. The minimum absolute atomic E-state index is 0.314. The summed E-state index contributed by atoms with van der Waals surface area (Å²) in [6, 6.07) is 14.4. The molecule has 0 saturated heterocycles. The van der Waals surface area contributed by atoms with Gasteiger partial charge in [0.15, 0.2) is 0 Å². The molecule has 0 unspecified atom stereocenters. The van der Waals surface area contributed by atoms with E-state index in [1.807, 2.05) is 18.2 Å². The van der Waals surface area contributed by atoms with Crippen molar-refractivity contribution in [1.82, 2.24) is 20.6 Å². The van der Waals surface area contributed by atoms with E-state index in [1.54, 1.807) is 6.21 Å². The van der Waals surface area contributed by atoms with E-state index in [-0.39, 0.29) is 0 Å². The van der Waals surface area contributed by atoms with Crippen molar-refractivity contribution in [3.8, 4) is 0 Å². The monoisotopic (exact) mass is 387 g/mol. The molecule has 0 spiro atoms. The first-order valence-corrected chi connectivity index (χ1v) is 9.80. The molecule has 0 atom stereocenters. The van der Waals surface area contributed by atoms with E-state index in [0.29, 0.717) is 12.5 Å². The highest BCUT2D eigenvalue weighted by Crippen LogP contribution is 2.20. The maximum atomic E-state index is 5.90. The number of hydrazone groups is 1. The van der Waals surface area contributed by atoms with Crippen molar-refractivity contribution in [2.45, 2.75) is 26.2 Å². The van der Waals surface area contributed by atoms with Crippen LogP contribution in [0.25, 0.3) is 21.8 Å². The van der Waals surface area contributed by atoms with Crippen molar-refractivity contribution in [3.63, 3.8) is 0 Å². The zero-order valence-electron chi connectivity index (χ0n) is 16.4. The van der Waals surface area contributed by atoms with Gasteiger partial charge in [0.2, 0.25) is 5.96 Å². The molecule has 4 rings (SSSR count). The first-order chi connectivity index (χ1) is 14.2. The zero-order chi connectivity index (χ0) is 20.1. The summed E-state index contributed by atoms with van der Waals surface area (Å²) in [6.45, 7) is 2.72. The van der Waals surface area contributed by atoms with E-state index in [2.05, 4.69) is 68.1 Å². The predicted molar refractivity (Wildman–Crippen MR) is 119 cm³/mol. The third-order valence-corrected chi connectivity index (χ3v) is 5.00. The maximum absolute atomic E-state index is 5.90. The highest BCUT2D eigenvalue weighted by atomic mass is 15.3. The summed E-state index contributed by atoms with van der Waals surface area (Å²) in [5, 5.41) is 13.8. The number of nitrogens with zero attached hydrogens (tertiary/aromatic N) is 3. The van der Waals surface area contributed by atoms with Crippen LogP contribution in [0.1, 0.15) is 29.7 Å². The van der Waals surface area contributed by atoms with Gasteiger partial charge >= 0.3 is 0 Å². The molecule has 7 heteroatoms. The fraction of sp³-hybridized carbons (Fsp3) is 0.227. The molecule has 0 radical (unpaired) electrons. The number of fused-ring (bicyclic) bond motifs is 2. The average Bonchev–Trinajstić information content (AvgIpc) is 3.33. The first-order valence-electron chi connectivity index (χ1n) is 9.80. The Kier molecular flexibility index (Phi) is 5.56. The van der Waals surface area contributed by atoms with E-state index < -0.39 is 0 Å². The molecule has 5 N–H and O–H groups in total. The molecule has 0 aliphatic heterocycles. The Morgan fingerprint density at radius 3 is 3.00 bits per heavy atom. The number of H-pyrrole nitrogens is 2. The highest BCUT2D eigenvalue weighted by Gasteiger charge is 2.05. The largest absolute Gasteiger partial charge is 0.369 e. The maximum Gasteiger partial charge on any atom is 0.209 e. The molecule has 0 fully saturated rings. The number of rotatable bonds is 7. The molecule has 29 heavy (non-hydrogen) atoms. The number of benzene rings is 2. The van der Waals surface area contributed by atoms with Crippen molar-refractivity contribution < 1.29 is 0 Å². The summed E-state index contributed by atoms with van der Waals surface area (Å²) in [5.41, 5.74) is 14.1. The number of hydrogen-bond acceptors (Lipinski definition) is 3. The van der Waals surface area contributed by atoms with Crippen molar-refractivity contribution in [1.29, 1.82) is 0 Å². The smallest absolute Gasteiger partial charge is 0.209 e. The average molecular weight is 387 g/mol. The van der Waals surface area contributed by atoms with Crippen LogP contribution in [-0.4, -0.2) is 33.9 Å². The third kappa shape index (κ3) is 4.29. The molecule has 2 aromatic heterocycles. The fourth-order valence-corrected chi connectivity index (χ4v) is 3.53. The van der Waals surface area contributed by atoms with Crippen LogP contribution < -0.4 is 11.2 Å². The van der Waals surface area contributed by atoms with E-state index in [9.17, 15) is 0 Å². The standard InChI is InChI=1S/C22H25N7/c1-15-7-6-11-19-21(15)20(28-27-19)14-26-29-22(23)24-12-5-4-8-16-13-25-18-10-3-2-9-17(16)18/h2-3,6-7,9-11,13-14,25H,4-5,8,12H2,1H3,(H,27,28)(H3,23,24,29). The molecule has 0 bridgehead atoms. The van der Waals surface area contributed by atoms with E-state index >= 15 is 0 Å². The molecule has 0 saturated carbocycles. The lowest BCUT2D eigenvalue weighted by Gasteiger charge is -2.01. The Bertz CT molecular complexity index is 1170. The van der Waals surface area contributed by atoms with Gasteiger partial charge in [-0.2, -0.15) is 10.2 Å². The van der Waals surface area contributed by atoms with Crippen molar-refractivity contribution >= 4 is 34.0 Å². The number of para-hydroxylation sites is 1. The molecular weight excluding hydrogens is 362 g/mol. The summed E-state index contributed by atoms with van der Waals surface area (Å²) in [4.78, 5) is 7.66. The van der Waals surface area contributed by atoms with Crippen molar-refractivity contribution in [3.05, 3.63) is 65.5 Å². The topological polar surface area (TPSA) is 107 Å². The lowest BCUT2D eigenvalue weighted by Crippen LogP contribution is -2.27. The number of hydrogen-bond donors (Lipinski definition) is 4. The second kappa shape index (κ2) is 8.60. The van der Waals surface area contributed by atoms with Gasteiger partial charge in [-0.05, 0) is 49.4 Å². The SMILES string of the molecule is Cc1cccc2n[nH]c(C=NNC(N)=NCCCCc3c[nH]c4ccccc34)c12. The molecule has 7 nitrogen and oxygen atoms in total. The minimum atomic E-state index is 0.314. The second-order valence-electron chi connectivity index (χ2n) is 7.06. The van der Waals surface area contributed by atoms with Gasteiger partial charge in [0.25, 0.3) is 0 Å². The van der Waals surface area contributed by atoms with Crippen LogP contribution in [0.15, 0.2) is 58.8 Å². The summed E-state index contributed by atoms with van der Waals surface area (Å²) in [7, 11) is 0. The number of nitrogens with one attached hydrogen (secondary N) is 3. The van der Waals surface area contributed by atoms with Crippen LogP contribution in [0.3, 0.4) is 0 Å². The van der Waals surface area contributed by atoms with Gasteiger partial charge in [-0.25, -0.2) is 5.43 Å². The van der Waals surface area contributed by atoms with Gasteiger partial charge in [-0.3, -0.25) is 10.1 Å². The van der Waals surface area contributed by atoms with E-state index in [4.69, 9.17) is 5.73 Å². The summed E-state index contributed by atoms with van der Waals surface area (Å²) < 4.78 is 0. The van der Waals surface area contributed by atoms with Gasteiger partial charge in [0.1, 0.15) is 0 Å². The van der Waals surface area contributed by atoms with E-state index in [0.717, 1.165) is 41.4 Å². The summed E-state index contributed by atoms with van der Waals surface area (Å²) >= 11 is 0. The van der Waals surface area contributed by atoms with E-state index in [1.165, 1.54) is 16.5 Å². The molecule has 2 aromatic carbocycles. The number of aromatic nitrogens is 3. The predicted octanol–water partition coefficient (Wildman–Crippen LogP) is 3.61. The Labute approximate surface area is 169 Å². The molecule has 4 aromatic rings. The minimum Gasteiger partial charge on any atom is -0.369 e. The first kappa shape index (κ1) is 18.7. The van der Waals surface area contributed by atoms with Gasteiger partial charge in [-0.1, -0.05) is 30.3 Å². The van der Waals surface area contributed by atoms with Crippen molar-refractivity contribution in [2.75, 3.05) is 6.54 Å². The molecule has 0 amide bonds.